The van der Waals surface area contributed by atoms with Crippen LogP contribution in [0.2, 0.25) is 0 Å². The van der Waals surface area contributed by atoms with Crippen molar-refractivity contribution in [3.8, 4) is 0 Å². The van der Waals surface area contributed by atoms with Crippen molar-refractivity contribution in [3.63, 3.8) is 0 Å². The largest absolute Gasteiger partial charge is 0.464 e. The molecule has 0 saturated heterocycles. The molecule has 0 aliphatic rings. The van der Waals surface area contributed by atoms with Crippen molar-refractivity contribution in [2.45, 2.75) is 0 Å². The highest BCUT2D eigenvalue weighted by Gasteiger charge is 2.17. The number of aromatic nitrogens is 1. The molecule has 1 N–H and O–H groups in total. The fraction of sp³-hybridized carbons (Fsp3) is 0.0714. The number of esters is 1. The van der Waals surface area contributed by atoms with Gasteiger partial charge in [0.25, 0.3) is 11.6 Å². The Labute approximate surface area is 124 Å². The number of pyridine rings is 1. The van der Waals surface area contributed by atoms with Gasteiger partial charge in [0, 0.05) is 6.07 Å². The van der Waals surface area contributed by atoms with Crippen LogP contribution in [0.3, 0.4) is 0 Å². The molecule has 0 aliphatic carbocycles. The van der Waals surface area contributed by atoms with Crippen molar-refractivity contribution in [2.75, 3.05) is 12.4 Å². The molecule has 8 nitrogen and oxygen atoms in total. The molecule has 112 valence electrons. The fourth-order valence-electron chi connectivity index (χ4n) is 1.70. The summed E-state index contributed by atoms with van der Waals surface area (Å²) < 4.78 is 4.52. The van der Waals surface area contributed by atoms with E-state index < -0.39 is 16.8 Å². The normalized spacial score (nSPS) is 9.86. The van der Waals surface area contributed by atoms with Crippen LogP contribution in [-0.2, 0) is 4.74 Å². The predicted molar refractivity (Wildman–Crippen MR) is 76.6 cm³/mol. The minimum Gasteiger partial charge on any atom is -0.464 e. The SMILES string of the molecule is COC(=O)c1cccc(C(=O)Nc2ccccc2[N+](=O)[O-])n1. The van der Waals surface area contributed by atoms with E-state index in [9.17, 15) is 19.7 Å². The number of methoxy groups -OCH3 is 1. The number of hydrogen-bond donors (Lipinski definition) is 1. The topological polar surface area (TPSA) is 111 Å². The smallest absolute Gasteiger partial charge is 0.356 e. The predicted octanol–water partition coefficient (Wildman–Crippen LogP) is 2.03. The van der Waals surface area contributed by atoms with E-state index in [2.05, 4.69) is 15.0 Å². The number of para-hydroxylation sites is 2. The van der Waals surface area contributed by atoms with Crippen LogP contribution in [-0.4, -0.2) is 28.9 Å². The zero-order valence-electron chi connectivity index (χ0n) is 11.5. The quantitative estimate of drug-likeness (QED) is 0.525. The van der Waals surface area contributed by atoms with Crippen molar-refractivity contribution < 1.29 is 19.2 Å². The first-order valence-electron chi connectivity index (χ1n) is 6.13. The van der Waals surface area contributed by atoms with Gasteiger partial charge >= 0.3 is 5.97 Å². The molecule has 0 saturated carbocycles. The lowest BCUT2D eigenvalue weighted by atomic mass is 10.2. The Morgan fingerprint density at radius 1 is 1.14 bits per heavy atom. The summed E-state index contributed by atoms with van der Waals surface area (Å²) in [5.41, 5.74) is -0.276. The van der Waals surface area contributed by atoms with Gasteiger partial charge in [-0.05, 0) is 18.2 Å². The van der Waals surface area contributed by atoms with E-state index >= 15 is 0 Å². The van der Waals surface area contributed by atoms with Crippen molar-refractivity contribution in [2.24, 2.45) is 0 Å². The van der Waals surface area contributed by atoms with E-state index in [0.717, 1.165) is 0 Å². The van der Waals surface area contributed by atoms with E-state index in [1.165, 1.54) is 43.5 Å². The molecule has 2 rings (SSSR count). The summed E-state index contributed by atoms with van der Waals surface area (Å²) in [6.07, 6.45) is 0. The zero-order chi connectivity index (χ0) is 16.1. The molecule has 1 amide bonds. The Hall–Kier alpha value is -3.29. The minimum absolute atomic E-state index is 0.0299. The van der Waals surface area contributed by atoms with E-state index in [4.69, 9.17) is 0 Å². The van der Waals surface area contributed by atoms with Crippen molar-refractivity contribution in [1.29, 1.82) is 0 Å². The van der Waals surface area contributed by atoms with Crippen LogP contribution >= 0.6 is 0 Å². The second-order valence-electron chi connectivity index (χ2n) is 4.13. The molecule has 8 heteroatoms. The van der Waals surface area contributed by atoms with Gasteiger partial charge in [0.2, 0.25) is 0 Å². The molecule has 0 unspecified atom stereocenters. The summed E-state index contributed by atoms with van der Waals surface area (Å²) in [4.78, 5) is 37.6. The Balaban J connectivity index is 2.27. The van der Waals surface area contributed by atoms with Gasteiger partial charge in [-0.2, -0.15) is 0 Å². The number of hydrogen-bond acceptors (Lipinski definition) is 6. The highest BCUT2D eigenvalue weighted by molar-refractivity contribution is 6.04. The summed E-state index contributed by atoms with van der Waals surface area (Å²) in [5, 5.41) is 13.3. The van der Waals surface area contributed by atoms with Crippen LogP contribution in [0.1, 0.15) is 21.0 Å². The van der Waals surface area contributed by atoms with Crippen LogP contribution in [0.5, 0.6) is 0 Å². The number of carbonyl (C=O) groups excluding carboxylic acids is 2. The number of nitro benzene ring substituents is 1. The molecule has 0 spiro atoms. The van der Waals surface area contributed by atoms with Crippen LogP contribution in [0.25, 0.3) is 0 Å². The molecule has 0 radical (unpaired) electrons. The Morgan fingerprint density at radius 3 is 2.50 bits per heavy atom. The maximum absolute atomic E-state index is 12.1. The van der Waals surface area contributed by atoms with Gasteiger partial charge < -0.3 is 10.1 Å². The van der Waals surface area contributed by atoms with E-state index in [-0.39, 0.29) is 22.8 Å². The first-order valence-corrected chi connectivity index (χ1v) is 6.13. The molecular formula is C14H11N3O5. The molecule has 0 atom stereocenters. The highest BCUT2D eigenvalue weighted by atomic mass is 16.6. The van der Waals surface area contributed by atoms with Crippen molar-refractivity contribution in [3.05, 3.63) is 64.0 Å². The number of nitrogens with zero attached hydrogens (tertiary/aromatic N) is 2. The molecule has 0 fully saturated rings. The van der Waals surface area contributed by atoms with Crippen LogP contribution < -0.4 is 5.32 Å². The number of benzene rings is 1. The lowest BCUT2D eigenvalue weighted by Crippen LogP contribution is -2.16. The van der Waals surface area contributed by atoms with Gasteiger partial charge in [-0.15, -0.1) is 0 Å². The number of carbonyl (C=O) groups is 2. The lowest BCUT2D eigenvalue weighted by molar-refractivity contribution is -0.383. The van der Waals surface area contributed by atoms with Gasteiger partial charge in [-0.25, -0.2) is 9.78 Å². The molecule has 1 aromatic heterocycles. The third kappa shape index (κ3) is 3.23. The Morgan fingerprint density at radius 2 is 1.82 bits per heavy atom. The molecular weight excluding hydrogens is 290 g/mol. The van der Waals surface area contributed by atoms with Gasteiger partial charge in [0.05, 0.1) is 12.0 Å². The van der Waals surface area contributed by atoms with Crippen molar-refractivity contribution in [1.82, 2.24) is 4.98 Å². The molecule has 0 aliphatic heterocycles. The number of amides is 1. The fourth-order valence-corrected chi connectivity index (χ4v) is 1.70. The lowest BCUT2D eigenvalue weighted by Gasteiger charge is -2.06. The third-order valence-corrected chi connectivity index (χ3v) is 2.73. The standard InChI is InChI=1S/C14H11N3O5/c1-22-14(19)11-7-4-6-10(15-11)13(18)16-9-5-2-3-8-12(9)17(20)21/h2-8H,1H3,(H,16,18). The monoisotopic (exact) mass is 301 g/mol. The second kappa shape index (κ2) is 6.44. The summed E-state index contributed by atoms with van der Waals surface area (Å²) in [5.74, 6) is -1.35. The number of ether oxygens (including phenoxy) is 1. The van der Waals surface area contributed by atoms with E-state index in [1.807, 2.05) is 0 Å². The average molecular weight is 301 g/mol. The van der Waals surface area contributed by atoms with Gasteiger partial charge in [0.15, 0.2) is 0 Å². The Kier molecular flexibility index (Phi) is 4.42. The van der Waals surface area contributed by atoms with E-state index in [1.54, 1.807) is 6.07 Å². The van der Waals surface area contributed by atoms with Gasteiger partial charge in [0.1, 0.15) is 17.1 Å². The zero-order valence-corrected chi connectivity index (χ0v) is 11.5. The van der Waals surface area contributed by atoms with E-state index in [0.29, 0.717) is 0 Å². The highest BCUT2D eigenvalue weighted by Crippen LogP contribution is 2.23. The second-order valence-corrected chi connectivity index (χ2v) is 4.13. The van der Waals surface area contributed by atoms with Crippen LogP contribution in [0.15, 0.2) is 42.5 Å². The van der Waals surface area contributed by atoms with Crippen LogP contribution in [0, 0.1) is 10.1 Å². The first kappa shape index (κ1) is 15.1. The molecule has 1 heterocycles. The summed E-state index contributed by atoms with van der Waals surface area (Å²) in [6, 6.07) is 9.97. The number of nitro groups is 1. The third-order valence-electron chi connectivity index (χ3n) is 2.73. The summed E-state index contributed by atoms with van der Waals surface area (Å²) in [6.45, 7) is 0. The number of anilines is 1. The average Bonchev–Trinajstić information content (AvgIpc) is 2.54. The summed E-state index contributed by atoms with van der Waals surface area (Å²) in [7, 11) is 1.20. The van der Waals surface area contributed by atoms with Crippen molar-refractivity contribution >= 4 is 23.3 Å². The molecule has 2 aromatic rings. The molecule has 1 aromatic carbocycles. The summed E-state index contributed by atoms with van der Waals surface area (Å²) >= 11 is 0. The Bertz CT molecular complexity index is 745. The van der Waals surface area contributed by atoms with Gasteiger partial charge in [-0.3, -0.25) is 14.9 Å². The molecule has 0 bridgehead atoms. The minimum atomic E-state index is -0.680. The molecule has 22 heavy (non-hydrogen) atoms. The number of rotatable bonds is 4. The first-order chi connectivity index (χ1) is 10.5. The van der Waals surface area contributed by atoms with Gasteiger partial charge in [-0.1, -0.05) is 18.2 Å². The maximum atomic E-state index is 12.1. The maximum Gasteiger partial charge on any atom is 0.356 e. The van der Waals surface area contributed by atoms with Crippen LogP contribution in [0.4, 0.5) is 11.4 Å². The number of nitrogens with one attached hydrogen (secondary N) is 1.